The highest BCUT2D eigenvalue weighted by Gasteiger charge is 2.39. The number of aliphatic imine (C=N–C) groups is 1. The highest BCUT2D eigenvalue weighted by atomic mass is 35.5. The van der Waals surface area contributed by atoms with Crippen LogP contribution in [0.3, 0.4) is 0 Å². The third kappa shape index (κ3) is 6.30. The summed E-state index contributed by atoms with van der Waals surface area (Å²) in [4.78, 5) is 4.85. The highest BCUT2D eigenvalue weighted by Crippen LogP contribution is 2.42. The van der Waals surface area contributed by atoms with E-state index in [9.17, 15) is 5.26 Å². The van der Waals surface area contributed by atoms with Gasteiger partial charge in [0.25, 0.3) is 8.32 Å². The molecule has 1 atom stereocenters. The highest BCUT2D eigenvalue weighted by molar-refractivity contribution is 6.75. The molecule has 3 nitrogen and oxygen atoms in total. The van der Waals surface area contributed by atoms with Crippen molar-refractivity contribution in [3.63, 3.8) is 0 Å². The Bertz CT molecular complexity index is 1130. The van der Waals surface area contributed by atoms with Gasteiger partial charge in [-0.25, -0.2) is 0 Å². The molecule has 0 aliphatic rings. The molecule has 0 aromatic heterocycles. The number of nitriles is 1. The van der Waals surface area contributed by atoms with E-state index < -0.39 is 14.4 Å². The van der Waals surface area contributed by atoms with Crippen LogP contribution in [-0.2, 0) is 6.42 Å². The maximum Gasteiger partial charge on any atom is 0.250 e. The maximum absolute atomic E-state index is 9.92. The Kier molecular flexibility index (Phi) is 8.25. The van der Waals surface area contributed by atoms with Crippen LogP contribution in [0.4, 0.5) is 0 Å². The molecule has 0 N–H and O–H groups in total. The summed E-state index contributed by atoms with van der Waals surface area (Å²) in [7, 11) is -2.10. The predicted molar refractivity (Wildman–Crippen MR) is 146 cm³/mol. The lowest BCUT2D eigenvalue weighted by Crippen LogP contribution is -2.44. The van der Waals surface area contributed by atoms with E-state index in [1.54, 1.807) is 0 Å². The topological polar surface area (TPSA) is 45.4 Å². The third-order valence-corrected chi connectivity index (χ3v) is 11.1. The van der Waals surface area contributed by atoms with Crippen LogP contribution >= 0.6 is 23.2 Å². The van der Waals surface area contributed by atoms with Crippen LogP contribution in [0.25, 0.3) is 0 Å². The molecule has 176 valence electrons. The lowest BCUT2D eigenvalue weighted by atomic mass is 10.0. The summed E-state index contributed by atoms with van der Waals surface area (Å²) in [6.07, 6.45) is 0.388. The second kappa shape index (κ2) is 10.8. The summed E-state index contributed by atoms with van der Waals surface area (Å²) >= 11 is 13.2. The van der Waals surface area contributed by atoms with Gasteiger partial charge in [0.2, 0.25) is 0 Å². The second-order valence-corrected chi connectivity index (χ2v) is 15.3. The average Bonchev–Trinajstić information content (AvgIpc) is 2.79. The molecule has 0 fully saturated rings. The zero-order valence-corrected chi connectivity index (χ0v) is 22.8. The number of halogens is 2. The van der Waals surface area contributed by atoms with Crippen LogP contribution in [0.5, 0.6) is 5.75 Å². The molecule has 3 rings (SSSR count). The Hall–Kier alpha value is -2.58. The quantitative estimate of drug-likeness (QED) is 0.237. The molecule has 0 bridgehead atoms. The minimum Gasteiger partial charge on any atom is -0.542 e. The molecule has 0 aliphatic carbocycles. The zero-order valence-electron chi connectivity index (χ0n) is 20.3. The summed E-state index contributed by atoms with van der Waals surface area (Å²) in [6, 6.07) is 25.2. The summed E-state index contributed by atoms with van der Waals surface area (Å²) < 4.78 is 6.38. The Labute approximate surface area is 214 Å². The SMILES string of the molecule is CC(C)(C)[Si](C)(C)Oc1c(Cl)cc(CC(C#N)N=C(c2ccccc2)c2ccccc2)cc1Cl. The molecule has 0 saturated heterocycles. The van der Waals surface area contributed by atoms with Crippen molar-refractivity contribution in [2.45, 2.75) is 51.4 Å². The summed E-state index contributed by atoms with van der Waals surface area (Å²) in [5, 5.41) is 10.9. The fraction of sp³-hybridized carbons (Fsp3) is 0.286. The lowest BCUT2D eigenvalue weighted by Gasteiger charge is -2.37. The smallest absolute Gasteiger partial charge is 0.250 e. The van der Waals surface area contributed by atoms with Crippen LogP contribution in [0.2, 0.25) is 28.2 Å². The predicted octanol–water partition coefficient (Wildman–Crippen LogP) is 8.35. The van der Waals surface area contributed by atoms with E-state index >= 15 is 0 Å². The minimum absolute atomic E-state index is 0.0181. The van der Waals surface area contributed by atoms with E-state index in [1.165, 1.54) is 0 Å². The number of nitrogens with zero attached hydrogens (tertiary/aromatic N) is 2. The van der Waals surface area contributed by atoms with E-state index in [4.69, 9.17) is 32.6 Å². The maximum atomic E-state index is 9.92. The molecule has 3 aromatic carbocycles. The summed E-state index contributed by atoms with van der Waals surface area (Å²) in [5.41, 5.74) is 3.54. The number of hydrogen-bond acceptors (Lipinski definition) is 3. The molecule has 0 aliphatic heterocycles. The van der Waals surface area contributed by atoms with Gasteiger partial charge in [-0.1, -0.05) is 105 Å². The molecule has 0 spiro atoms. The van der Waals surface area contributed by atoms with Gasteiger partial charge in [-0.05, 0) is 35.8 Å². The summed E-state index contributed by atoms with van der Waals surface area (Å²) in [6.45, 7) is 10.8. The van der Waals surface area contributed by atoms with Crippen molar-refractivity contribution >= 4 is 37.2 Å². The zero-order chi connectivity index (χ0) is 24.9. The van der Waals surface area contributed by atoms with Gasteiger partial charge in [-0.2, -0.15) is 5.26 Å². The molecule has 0 amide bonds. The molecule has 6 heteroatoms. The van der Waals surface area contributed by atoms with Gasteiger partial charge < -0.3 is 4.43 Å². The van der Waals surface area contributed by atoms with Crippen molar-refractivity contribution < 1.29 is 4.43 Å². The van der Waals surface area contributed by atoms with Gasteiger partial charge >= 0.3 is 0 Å². The van der Waals surface area contributed by atoms with Gasteiger partial charge in [-0.3, -0.25) is 4.99 Å². The van der Waals surface area contributed by atoms with Crippen LogP contribution in [0, 0.1) is 11.3 Å². The first kappa shape index (κ1) is 26.0. The van der Waals surface area contributed by atoms with Crippen molar-refractivity contribution in [2.75, 3.05) is 0 Å². The first-order valence-corrected chi connectivity index (χ1v) is 14.9. The molecule has 3 aromatic rings. The molecule has 1 unspecified atom stereocenters. The van der Waals surface area contributed by atoms with Crippen molar-refractivity contribution in [3.05, 3.63) is 99.5 Å². The molecule has 0 heterocycles. The lowest BCUT2D eigenvalue weighted by molar-refractivity contribution is 0.492. The van der Waals surface area contributed by atoms with E-state index in [1.807, 2.05) is 72.8 Å². The van der Waals surface area contributed by atoms with Gasteiger partial charge in [0.1, 0.15) is 11.8 Å². The van der Waals surface area contributed by atoms with Crippen LogP contribution in [0.15, 0.2) is 77.8 Å². The molecular formula is C28H30Cl2N2OSi. The Balaban J connectivity index is 1.93. The van der Waals surface area contributed by atoms with E-state index in [0.717, 1.165) is 22.4 Å². The van der Waals surface area contributed by atoms with Gasteiger partial charge in [0.15, 0.2) is 0 Å². The van der Waals surface area contributed by atoms with E-state index in [0.29, 0.717) is 22.2 Å². The van der Waals surface area contributed by atoms with Gasteiger partial charge in [0.05, 0.1) is 21.8 Å². The van der Waals surface area contributed by atoms with Crippen molar-refractivity contribution in [1.29, 1.82) is 5.26 Å². The first-order chi connectivity index (χ1) is 16.0. The van der Waals surface area contributed by atoms with Crippen LogP contribution in [0.1, 0.15) is 37.5 Å². The van der Waals surface area contributed by atoms with E-state index in [2.05, 4.69) is 39.9 Å². The average molecular weight is 510 g/mol. The molecular weight excluding hydrogens is 479 g/mol. The van der Waals surface area contributed by atoms with Gasteiger partial charge in [0, 0.05) is 17.5 Å². The number of hydrogen-bond donors (Lipinski definition) is 0. The number of benzene rings is 3. The Morgan fingerprint density at radius 2 is 1.41 bits per heavy atom. The van der Waals surface area contributed by atoms with Crippen LogP contribution < -0.4 is 4.43 Å². The Morgan fingerprint density at radius 1 is 0.941 bits per heavy atom. The largest absolute Gasteiger partial charge is 0.542 e. The first-order valence-electron chi connectivity index (χ1n) is 11.3. The van der Waals surface area contributed by atoms with Crippen molar-refractivity contribution in [2.24, 2.45) is 4.99 Å². The standard InChI is InChI=1S/C28H30Cl2N2OSi/c1-28(2,3)34(4,5)33-27-24(29)17-20(18-25(27)30)16-23(19-31)32-26(21-12-8-6-9-13-21)22-14-10-7-11-15-22/h6-15,17-18,23H,16H2,1-5H3. The molecule has 0 radical (unpaired) electrons. The Morgan fingerprint density at radius 3 is 1.82 bits per heavy atom. The summed E-state index contributed by atoms with van der Waals surface area (Å²) in [5.74, 6) is 0.518. The van der Waals surface area contributed by atoms with E-state index in [-0.39, 0.29) is 5.04 Å². The molecule has 34 heavy (non-hydrogen) atoms. The van der Waals surface area contributed by atoms with Crippen molar-refractivity contribution in [3.8, 4) is 11.8 Å². The minimum atomic E-state index is -2.10. The van der Waals surface area contributed by atoms with Gasteiger partial charge in [-0.15, -0.1) is 0 Å². The van der Waals surface area contributed by atoms with Crippen LogP contribution in [-0.4, -0.2) is 20.1 Å². The second-order valence-electron chi connectivity index (χ2n) is 9.81. The normalized spacial score (nSPS) is 12.5. The third-order valence-electron chi connectivity index (χ3n) is 6.18. The monoisotopic (exact) mass is 508 g/mol. The fourth-order valence-corrected chi connectivity index (χ4v) is 5.02. The molecule has 0 saturated carbocycles. The fourth-order valence-electron chi connectivity index (χ4n) is 3.24. The number of rotatable bonds is 7. The van der Waals surface area contributed by atoms with Crippen molar-refractivity contribution in [1.82, 2.24) is 0 Å².